The molecule has 1 unspecified atom stereocenters. The summed E-state index contributed by atoms with van der Waals surface area (Å²) in [6.45, 7) is 1.17. The van der Waals surface area contributed by atoms with Crippen molar-refractivity contribution in [2.45, 2.75) is 31.1 Å². The molecule has 1 aromatic carbocycles. The van der Waals surface area contributed by atoms with Crippen LogP contribution in [0.2, 0.25) is 0 Å². The van der Waals surface area contributed by atoms with Gasteiger partial charge in [0.15, 0.2) is 0 Å². The Hall–Kier alpha value is -2.21. The first-order chi connectivity index (χ1) is 15.7. The van der Waals surface area contributed by atoms with Crippen LogP contribution in [0.25, 0.3) is 0 Å². The van der Waals surface area contributed by atoms with Crippen molar-refractivity contribution >= 4 is 18.3 Å². The van der Waals surface area contributed by atoms with Gasteiger partial charge in [0, 0.05) is 26.2 Å². The largest absolute Gasteiger partial charge is 0.488 e. The van der Waals surface area contributed by atoms with Gasteiger partial charge in [-0.3, -0.25) is 19.2 Å². The summed E-state index contributed by atoms with van der Waals surface area (Å²) in [6.07, 6.45) is -1.82. The molecule has 2 aliphatic heterocycles. The Morgan fingerprint density at radius 1 is 1.15 bits per heavy atom. The molecule has 0 saturated carbocycles. The first kappa shape index (κ1) is 23.9. The second-order valence-corrected chi connectivity index (χ2v) is 8.69. The van der Waals surface area contributed by atoms with Gasteiger partial charge in [0.25, 0.3) is 0 Å². The molecule has 1 atom stereocenters. The van der Waals surface area contributed by atoms with E-state index in [1.165, 1.54) is 11.0 Å². The summed E-state index contributed by atoms with van der Waals surface area (Å²) < 4.78 is 52.1. The summed E-state index contributed by atoms with van der Waals surface area (Å²) in [4.78, 5) is 8.01. The van der Waals surface area contributed by atoms with E-state index in [4.69, 9.17) is 0 Å². The number of alkyl halides is 4. The topological polar surface area (TPSA) is 71.9 Å². The van der Waals surface area contributed by atoms with Gasteiger partial charge in [0.05, 0.1) is 42.9 Å². The Labute approximate surface area is 190 Å². The zero-order chi connectivity index (χ0) is 23.6. The Kier molecular flexibility index (Phi) is 7.23. The first-order valence-corrected chi connectivity index (χ1v) is 11.0. The van der Waals surface area contributed by atoms with E-state index < -0.39 is 25.9 Å². The van der Waals surface area contributed by atoms with E-state index in [1.54, 1.807) is 24.4 Å². The molecule has 1 saturated heterocycles. The van der Waals surface area contributed by atoms with Crippen LogP contribution in [0.15, 0.2) is 36.5 Å². The van der Waals surface area contributed by atoms with Crippen LogP contribution in [0, 0.1) is 0 Å². The summed E-state index contributed by atoms with van der Waals surface area (Å²) in [5.41, 5.74) is 3.07. The van der Waals surface area contributed by atoms with Crippen LogP contribution in [0.5, 0.6) is 0 Å². The molecule has 0 radical (unpaired) electrons. The summed E-state index contributed by atoms with van der Waals surface area (Å²) in [6, 6.07) is 7.92. The molecule has 2 aliphatic rings. The lowest BCUT2D eigenvalue weighted by Gasteiger charge is -2.40. The number of hydrogen-bond donors (Lipinski definition) is 3. The van der Waals surface area contributed by atoms with Crippen molar-refractivity contribution in [2.24, 2.45) is 0 Å². The van der Waals surface area contributed by atoms with Gasteiger partial charge >= 0.3 is 13.3 Å². The fraction of sp³-hybridized carbons (Fsp3) is 0.500. The maximum atomic E-state index is 13.3. The number of halogens is 4. The minimum Gasteiger partial charge on any atom is -0.423 e. The average Bonchev–Trinajstić information content (AvgIpc) is 2.74. The molecule has 0 bridgehead atoms. The van der Waals surface area contributed by atoms with Crippen molar-refractivity contribution in [1.29, 1.82) is 0 Å². The minimum absolute atomic E-state index is 0.181. The highest BCUT2D eigenvalue weighted by Gasteiger charge is 2.38. The number of fused-ring (bicyclic) bond motifs is 1. The number of likely N-dealkylation sites (tertiary alicyclic amines) is 1. The summed E-state index contributed by atoms with van der Waals surface area (Å²) in [5, 5.41) is 22.3. The third-order valence-electron chi connectivity index (χ3n) is 6.18. The van der Waals surface area contributed by atoms with E-state index in [1.807, 2.05) is 6.07 Å². The molecule has 2 aromatic rings. The summed E-state index contributed by atoms with van der Waals surface area (Å²) in [7, 11) is -1.63. The zero-order valence-electron chi connectivity index (χ0n) is 18.1. The van der Waals surface area contributed by atoms with Crippen LogP contribution in [0.4, 0.5) is 23.2 Å². The lowest BCUT2D eigenvalue weighted by Crippen LogP contribution is -2.54. The zero-order valence-corrected chi connectivity index (χ0v) is 18.1. The van der Waals surface area contributed by atoms with Crippen molar-refractivity contribution in [2.75, 3.05) is 44.7 Å². The number of hydrogen-bond acceptors (Lipinski definition) is 6. The molecule has 3 N–H and O–H groups in total. The van der Waals surface area contributed by atoms with Gasteiger partial charge in [-0.25, -0.2) is 0 Å². The molecular formula is C22H27BF4N4O2. The fourth-order valence-electron chi connectivity index (χ4n) is 4.62. The number of nitrogens with one attached hydrogen (secondary N) is 1. The number of rotatable bonds is 8. The van der Waals surface area contributed by atoms with Crippen molar-refractivity contribution in [1.82, 2.24) is 14.8 Å². The Morgan fingerprint density at radius 3 is 2.58 bits per heavy atom. The molecule has 0 aliphatic carbocycles. The van der Waals surface area contributed by atoms with Gasteiger partial charge in [-0.15, -0.1) is 0 Å². The fourth-order valence-corrected chi connectivity index (χ4v) is 4.62. The normalized spacial score (nSPS) is 19.8. The van der Waals surface area contributed by atoms with Crippen molar-refractivity contribution in [3.05, 3.63) is 53.3 Å². The van der Waals surface area contributed by atoms with Crippen molar-refractivity contribution < 1.29 is 27.6 Å². The monoisotopic (exact) mass is 466 g/mol. The van der Waals surface area contributed by atoms with Crippen LogP contribution in [-0.4, -0.2) is 83.6 Å². The third kappa shape index (κ3) is 5.84. The third-order valence-corrected chi connectivity index (χ3v) is 6.18. The molecule has 0 amide bonds. The lowest BCUT2D eigenvalue weighted by molar-refractivity contribution is -0.150. The minimum atomic E-state index is -4.35. The number of nitrogens with zero attached hydrogens (tertiary/aromatic N) is 3. The van der Waals surface area contributed by atoms with Gasteiger partial charge in [0.2, 0.25) is 0 Å². The van der Waals surface area contributed by atoms with E-state index in [0.29, 0.717) is 29.6 Å². The van der Waals surface area contributed by atoms with E-state index in [9.17, 15) is 27.6 Å². The molecule has 3 heterocycles. The molecule has 1 fully saturated rings. The van der Waals surface area contributed by atoms with E-state index >= 15 is 0 Å². The molecule has 33 heavy (non-hydrogen) atoms. The van der Waals surface area contributed by atoms with Crippen LogP contribution in [0.3, 0.4) is 0 Å². The van der Waals surface area contributed by atoms with Crippen molar-refractivity contribution in [3.63, 3.8) is 0 Å². The van der Waals surface area contributed by atoms with Crippen LogP contribution in [0.1, 0.15) is 29.3 Å². The summed E-state index contributed by atoms with van der Waals surface area (Å²) >= 11 is 0. The van der Waals surface area contributed by atoms with E-state index in [0.717, 1.165) is 30.9 Å². The second kappa shape index (κ2) is 9.96. The predicted molar refractivity (Wildman–Crippen MR) is 118 cm³/mol. The smallest absolute Gasteiger partial charge is 0.423 e. The quantitative estimate of drug-likeness (QED) is 0.407. The Balaban J connectivity index is 1.52. The first-order valence-electron chi connectivity index (χ1n) is 11.0. The standard InChI is InChI=1S/C22H27BF4N4O2/c24-7-1-8-30-12-18(13-30)29-17-3-5-20(28-11-17)21-19-4-2-16(23(32)33)10-15(19)6-9-31(21)14-22(25,26)27/h2-5,10-11,18,21,29,32-33H,1,6-9,12-14H2. The molecule has 4 rings (SSSR count). The van der Waals surface area contributed by atoms with E-state index in [-0.39, 0.29) is 19.3 Å². The molecule has 1 aromatic heterocycles. The molecule has 0 spiro atoms. The highest BCUT2D eigenvalue weighted by atomic mass is 19.4. The van der Waals surface area contributed by atoms with E-state index in [2.05, 4.69) is 15.2 Å². The number of aromatic nitrogens is 1. The number of pyridine rings is 1. The molecule has 6 nitrogen and oxygen atoms in total. The van der Waals surface area contributed by atoms with Crippen LogP contribution < -0.4 is 10.8 Å². The highest BCUT2D eigenvalue weighted by Crippen LogP contribution is 2.36. The molecule has 178 valence electrons. The number of anilines is 1. The van der Waals surface area contributed by atoms with Gasteiger partial charge in [-0.1, -0.05) is 18.2 Å². The SMILES string of the molecule is OB(O)c1ccc2c(c1)CCN(CC(F)(F)F)C2c1ccc(NC2CN(CCCF)C2)cn1. The Bertz CT molecular complexity index is 939. The summed E-state index contributed by atoms with van der Waals surface area (Å²) in [5.74, 6) is 0. The van der Waals surface area contributed by atoms with Crippen molar-refractivity contribution in [3.8, 4) is 0 Å². The molecular weight excluding hydrogens is 439 g/mol. The maximum absolute atomic E-state index is 13.3. The maximum Gasteiger partial charge on any atom is 0.488 e. The van der Waals surface area contributed by atoms with Crippen LogP contribution >= 0.6 is 0 Å². The second-order valence-electron chi connectivity index (χ2n) is 8.69. The number of benzene rings is 1. The van der Waals surface area contributed by atoms with Gasteiger partial charge < -0.3 is 15.4 Å². The van der Waals surface area contributed by atoms with Gasteiger partial charge in [0.1, 0.15) is 0 Å². The lowest BCUT2D eigenvalue weighted by atomic mass is 9.77. The Morgan fingerprint density at radius 2 is 1.94 bits per heavy atom. The van der Waals surface area contributed by atoms with Crippen LogP contribution in [-0.2, 0) is 6.42 Å². The highest BCUT2D eigenvalue weighted by molar-refractivity contribution is 6.58. The average molecular weight is 466 g/mol. The molecule has 11 heteroatoms. The predicted octanol–water partition coefficient (Wildman–Crippen LogP) is 1.73. The van der Waals surface area contributed by atoms with Gasteiger partial charge in [-0.05, 0) is 41.6 Å². The van der Waals surface area contributed by atoms with Gasteiger partial charge in [-0.2, -0.15) is 13.2 Å².